The zero-order chi connectivity index (χ0) is 16.5. The quantitative estimate of drug-likeness (QED) is 0.685. The maximum absolute atomic E-state index is 11.7. The Balaban J connectivity index is 2.65. The van der Waals surface area contributed by atoms with Crippen LogP contribution in [0.3, 0.4) is 0 Å². The zero-order valence-corrected chi connectivity index (χ0v) is 13.1. The van der Waals surface area contributed by atoms with Crippen molar-refractivity contribution >= 4 is 17.7 Å². The van der Waals surface area contributed by atoms with Gasteiger partial charge >= 0.3 is 11.9 Å². The van der Waals surface area contributed by atoms with E-state index in [9.17, 15) is 19.5 Å². The van der Waals surface area contributed by atoms with E-state index in [0.29, 0.717) is 19.3 Å². The molecule has 1 aliphatic heterocycles. The van der Waals surface area contributed by atoms with Gasteiger partial charge in [0.05, 0.1) is 24.7 Å². The number of aliphatic hydroxyl groups is 1. The van der Waals surface area contributed by atoms with Crippen molar-refractivity contribution < 1.29 is 29.0 Å². The molecule has 0 amide bonds. The number of carbonyl (C=O) groups excluding carboxylic acids is 3. The Morgan fingerprint density at radius 1 is 0.955 bits per heavy atom. The Morgan fingerprint density at radius 3 is 2.36 bits per heavy atom. The van der Waals surface area contributed by atoms with Gasteiger partial charge in [-0.3, -0.25) is 9.59 Å². The summed E-state index contributed by atoms with van der Waals surface area (Å²) in [7, 11) is 0. The second-order valence-electron chi connectivity index (χ2n) is 5.63. The maximum atomic E-state index is 11.7. The van der Waals surface area contributed by atoms with E-state index >= 15 is 0 Å². The largest absolute Gasteiger partial charge is 0.463 e. The number of Topliss-reactive ketones (excluding diaryl/α,β-unsaturated/α-hetero) is 1. The number of rotatable bonds is 0. The number of hydrogen-bond donors (Lipinski definition) is 1. The van der Waals surface area contributed by atoms with Crippen molar-refractivity contribution in [2.75, 3.05) is 0 Å². The van der Waals surface area contributed by atoms with Gasteiger partial charge in [-0.15, -0.1) is 0 Å². The fourth-order valence-electron chi connectivity index (χ4n) is 2.06. The van der Waals surface area contributed by atoms with Gasteiger partial charge in [0.1, 0.15) is 5.78 Å². The second kappa shape index (κ2) is 9.35. The van der Waals surface area contributed by atoms with Crippen LogP contribution in [0.5, 0.6) is 0 Å². The van der Waals surface area contributed by atoms with E-state index in [4.69, 9.17) is 9.47 Å². The molecule has 1 rings (SSSR count). The van der Waals surface area contributed by atoms with Gasteiger partial charge in [-0.05, 0) is 39.2 Å². The first kappa shape index (κ1) is 18.4. The number of esters is 2. The van der Waals surface area contributed by atoms with Crippen LogP contribution in [0.15, 0.2) is 12.2 Å². The number of hydrogen-bond acceptors (Lipinski definition) is 6. The third-order valence-corrected chi connectivity index (χ3v) is 3.41. The number of ether oxygens (including phenoxy) is 2. The van der Waals surface area contributed by atoms with Crippen molar-refractivity contribution in [3.63, 3.8) is 0 Å². The molecule has 3 atom stereocenters. The molecule has 0 aromatic rings. The fraction of sp³-hybridized carbons (Fsp3) is 0.688. The van der Waals surface area contributed by atoms with Gasteiger partial charge in [-0.25, -0.2) is 4.79 Å². The van der Waals surface area contributed by atoms with E-state index in [1.807, 2.05) is 0 Å². The Bertz CT molecular complexity index is 428. The SMILES string of the molecule is C[C@@H]1CCC(=O)CCC(=O)O[C@H](C)CC[C@H](O)/C=C/C(=O)O1. The molecular formula is C16H24O6. The molecule has 0 aromatic heterocycles. The molecule has 0 spiro atoms. The highest BCUT2D eigenvalue weighted by molar-refractivity contribution is 5.83. The highest BCUT2D eigenvalue weighted by Gasteiger charge is 2.15. The lowest BCUT2D eigenvalue weighted by Gasteiger charge is -2.15. The molecule has 6 nitrogen and oxygen atoms in total. The molecule has 0 fully saturated rings. The van der Waals surface area contributed by atoms with Gasteiger partial charge < -0.3 is 14.6 Å². The molecule has 0 unspecified atom stereocenters. The predicted molar refractivity (Wildman–Crippen MR) is 79.0 cm³/mol. The minimum Gasteiger partial charge on any atom is -0.463 e. The lowest BCUT2D eigenvalue weighted by molar-refractivity contribution is -0.149. The second-order valence-corrected chi connectivity index (χ2v) is 5.63. The molecule has 0 saturated carbocycles. The average Bonchev–Trinajstić information content (AvgIpc) is 2.46. The number of aliphatic hydroxyl groups excluding tert-OH is 1. The van der Waals surface area contributed by atoms with Crippen LogP contribution in [0.1, 0.15) is 52.4 Å². The summed E-state index contributed by atoms with van der Waals surface area (Å²) in [6.45, 7) is 3.43. The van der Waals surface area contributed by atoms with Gasteiger partial charge in [-0.2, -0.15) is 0 Å². The van der Waals surface area contributed by atoms with Crippen LogP contribution >= 0.6 is 0 Å². The monoisotopic (exact) mass is 312 g/mol. The third kappa shape index (κ3) is 7.93. The standard InChI is InChI=1S/C16H24O6/c1-11-3-5-13(17)8-10-16(20)22-12(2)4-6-14(18)7-9-15(19)21-11/h7,9,11-12,14,18H,3-6,8,10H2,1-2H3/b9-7+/t11-,12-,14+/m1/s1. The average molecular weight is 312 g/mol. The molecule has 1 aliphatic rings. The lowest BCUT2D eigenvalue weighted by atomic mass is 10.1. The Labute approximate surface area is 130 Å². The maximum Gasteiger partial charge on any atom is 0.330 e. The smallest absolute Gasteiger partial charge is 0.330 e. The highest BCUT2D eigenvalue weighted by Crippen LogP contribution is 2.11. The Kier molecular flexibility index (Phi) is 7.80. The first-order valence-electron chi connectivity index (χ1n) is 7.65. The summed E-state index contributed by atoms with van der Waals surface area (Å²) in [6, 6.07) is 0. The summed E-state index contributed by atoms with van der Waals surface area (Å²) in [5.74, 6) is -0.992. The van der Waals surface area contributed by atoms with Crippen molar-refractivity contribution in [1.82, 2.24) is 0 Å². The highest BCUT2D eigenvalue weighted by atomic mass is 16.5. The molecule has 0 bridgehead atoms. The van der Waals surface area contributed by atoms with Crippen molar-refractivity contribution in [2.45, 2.75) is 70.7 Å². The molecule has 0 aliphatic carbocycles. The van der Waals surface area contributed by atoms with Crippen LogP contribution in [0, 0.1) is 0 Å². The van der Waals surface area contributed by atoms with E-state index in [2.05, 4.69) is 0 Å². The molecule has 22 heavy (non-hydrogen) atoms. The van der Waals surface area contributed by atoms with Crippen LogP contribution in [0.2, 0.25) is 0 Å². The molecule has 0 saturated heterocycles. The molecule has 1 heterocycles. The van der Waals surface area contributed by atoms with Gasteiger partial charge in [0, 0.05) is 18.9 Å². The number of carbonyl (C=O) groups is 3. The van der Waals surface area contributed by atoms with Crippen LogP contribution in [-0.4, -0.2) is 41.1 Å². The molecule has 124 valence electrons. The minimum atomic E-state index is -0.793. The molecular weight excluding hydrogens is 288 g/mol. The van der Waals surface area contributed by atoms with Crippen LogP contribution in [0.4, 0.5) is 0 Å². The summed E-state index contributed by atoms with van der Waals surface area (Å²) < 4.78 is 10.3. The molecule has 6 heteroatoms. The van der Waals surface area contributed by atoms with Crippen molar-refractivity contribution in [1.29, 1.82) is 0 Å². The predicted octanol–water partition coefficient (Wildman–Crippen LogP) is 1.69. The lowest BCUT2D eigenvalue weighted by Crippen LogP contribution is -2.19. The van der Waals surface area contributed by atoms with Gasteiger partial charge in [-0.1, -0.05) is 0 Å². The Morgan fingerprint density at radius 2 is 1.64 bits per heavy atom. The Hall–Kier alpha value is -1.69. The van der Waals surface area contributed by atoms with Gasteiger partial charge in [0.2, 0.25) is 0 Å². The van der Waals surface area contributed by atoms with Crippen molar-refractivity contribution in [2.24, 2.45) is 0 Å². The molecule has 0 radical (unpaired) electrons. The van der Waals surface area contributed by atoms with E-state index in [1.54, 1.807) is 13.8 Å². The fourth-order valence-corrected chi connectivity index (χ4v) is 2.06. The van der Waals surface area contributed by atoms with E-state index < -0.39 is 24.1 Å². The van der Waals surface area contributed by atoms with E-state index in [0.717, 1.165) is 0 Å². The summed E-state index contributed by atoms with van der Waals surface area (Å²) in [6.07, 6.45) is 2.71. The van der Waals surface area contributed by atoms with Crippen LogP contribution in [0.25, 0.3) is 0 Å². The van der Waals surface area contributed by atoms with Gasteiger partial charge in [0.25, 0.3) is 0 Å². The molecule has 0 aromatic carbocycles. The zero-order valence-electron chi connectivity index (χ0n) is 13.1. The van der Waals surface area contributed by atoms with Crippen LogP contribution in [-0.2, 0) is 23.9 Å². The van der Waals surface area contributed by atoms with Crippen LogP contribution < -0.4 is 0 Å². The first-order chi connectivity index (χ1) is 10.4. The summed E-state index contributed by atoms with van der Waals surface area (Å²) >= 11 is 0. The summed E-state index contributed by atoms with van der Waals surface area (Å²) in [5, 5.41) is 9.74. The number of cyclic esters (lactones) is 2. The molecule has 1 N–H and O–H groups in total. The minimum absolute atomic E-state index is 0.0504. The van der Waals surface area contributed by atoms with E-state index in [-0.39, 0.29) is 31.1 Å². The summed E-state index contributed by atoms with van der Waals surface area (Å²) in [5.41, 5.74) is 0. The van der Waals surface area contributed by atoms with Gasteiger partial charge in [0.15, 0.2) is 0 Å². The summed E-state index contributed by atoms with van der Waals surface area (Å²) in [4.78, 5) is 34.8. The normalized spacial score (nSPS) is 31.2. The first-order valence-corrected chi connectivity index (χ1v) is 7.65. The number of ketones is 1. The van der Waals surface area contributed by atoms with Crippen molar-refractivity contribution in [3.8, 4) is 0 Å². The van der Waals surface area contributed by atoms with E-state index in [1.165, 1.54) is 12.2 Å². The topological polar surface area (TPSA) is 89.9 Å². The van der Waals surface area contributed by atoms with Crippen molar-refractivity contribution in [3.05, 3.63) is 12.2 Å². The third-order valence-electron chi connectivity index (χ3n) is 3.41.